The van der Waals surface area contributed by atoms with Crippen LogP contribution in [0.1, 0.15) is 44.2 Å². The minimum absolute atomic E-state index is 0.197. The molecule has 0 aliphatic heterocycles. The Kier molecular flexibility index (Phi) is 2.55. The summed E-state index contributed by atoms with van der Waals surface area (Å²) in [6.45, 7) is 6.74. The summed E-state index contributed by atoms with van der Waals surface area (Å²) in [4.78, 5) is 4.24. The third-order valence-corrected chi connectivity index (χ3v) is 3.69. The van der Waals surface area contributed by atoms with Crippen LogP contribution >= 0.6 is 0 Å². The SMILES string of the molecule is CC(N)C1c2cnccc2CCC1(C)C. The normalized spacial score (nSPS) is 25.7. The number of rotatable bonds is 1. The molecule has 2 rings (SSSR count). The molecule has 1 aromatic heterocycles. The van der Waals surface area contributed by atoms with Gasteiger partial charge in [0.15, 0.2) is 0 Å². The number of fused-ring (bicyclic) bond motifs is 1. The van der Waals surface area contributed by atoms with Gasteiger partial charge in [-0.2, -0.15) is 0 Å². The van der Waals surface area contributed by atoms with Gasteiger partial charge in [-0.1, -0.05) is 13.8 Å². The second kappa shape index (κ2) is 3.60. The first kappa shape index (κ1) is 10.6. The Balaban J connectivity index is 2.48. The number of nitrogens with two attached hydrogens (primary N) is 1. The van der Waals surface area contributed by atoms with E-state index < -0.39 is 0 Å². The number of aryl methyl sites for hydroxylation is 1. The molecule has 2 nitrogen and oxygen atoms in total. The predicted molar refractivity (Wildman–Crippen MR) is 62.7 cm³/mol. The molecule has 2 unspecified atom stereocenters. The van der Waals surface area contributed by atoms with Crippen molar-refractivity contribution in [1.29, 1.82) is 0 Å². The highest BCUT2D eigenvalue weighted by Gasteiger charge is 2.37. The highest BCUT2D eigenvalue weighted by Crippen LogP contribution is 2.45. The van der Waals surface area contributed by atoms with Crippen LogP contribution in [0.2, 0.25) is 0 Å². The van der Waals surface area contributed by atoms with Crippen LogP contribution in [0.4, 0.5) is 0 Å². The maximum Gasteiger partial charge on any atom is 0.0306 e. The molecule has 15 heavy (non-hydrogen) atoms. The summed E-state index contributed by atoms with van der Waals surface area (Å²) < 4.78 is 0. The smallest absolute Gasteiger partial charge is 0.0306 e. The van der Waals surface area contributed by atoms with Crippen LogP contribution in [0.15, 0.2) is 18.5 Å². The average Bonchev–Trinajstić information content (AvgIpc) is 2.15. The molecule has 0 radical (unpaired) electrons. The van der Waals surface area contributed by atoms with Crippen LogP contribution in [0, 0.1) is 5.41 Å². The van der Waals surface area contributed by atoms with Crippen molar-refractivity contribution < 1.29 is 0 Å². The number of aromatic nitrogens is 1. The minimum atomic E-state index is 0.197. The van der Waals surface area contributed by atoms with Crippen molar-refractivity contribution >= 4 is 0 Å². The average molecular weight is 204 g/mol. The molecule has 2 atom stereocenters. The molecular weight excluding hydrogens is 184 g/mol. The van der Waals surface area contributed by atoms with Crippen molar-refractivity contribution in [2.24, 2.45) is 11.1 Å². The number of nitrogens with zero attached hydrogens (tertiary/aromatic N) is 1. The Bertz CT molecular complexity index is 355. The van der Waals surface area contributed by atoms with Gasteiger partial charge in [0, 0.05) is 24.4 Å². The first-order chi connectivity index (χ1) is 7.02. The van der Waals surface area contributed by atoms with Gasteiger partial charge in [0.2, 0.25) is 0 Å². The molecule has 0 amide bonds. The third kappa shape index (κ3) is 1.78. The minimum Gasteiger partial charge on any atom is -0.327 e. The number of pyridine rings is 1. The van der Waals surface area contributed by atoms with E-state index in [-0.39, 0.29) is 6.04 Å². The van der Waals surface area contributed by atoms with Gasteiger partial charge in [0.05, 0.1) is 0 Å². The Labute approximate surface area is 91.9 Å². The van der Waals surface area contributed by atoms with E-state index in [1.54, 1.807) is 0 Å². The second-order valence-electron chi connectivity index (χ2n) is 5.40. The first-order valence-electron chi connectivity index (χ1n) is 5.71. The van der Waals surface area contributed by atoms with Crippen molar-refractivity contribution in [2.45, 2.75) is 45.6 Å². The number of hydrogen-bond donors (Lipinski definition) is 1. The lowest BCUT2D eigenvalue weighted by atomic mass is 9.64. The molecule has 0 bridgehead atoms. The molecule has 2 heteroatoms. The van der Waals surface area contributed by atoms with E-state index >= 15 is 0 Å². The summed E-state index contributed by atoms with van der Waals surface area (Å²) in [6.07, 6.45) is 6.27. The molecule has 0 fully saturated rings. The van der Waals surface area contributed by atoms with Crippen molar-refractivity contribution in [3.05, 3.63) is 29.6 Å². The molecule has 0 aromatic carbocycles. The topological polar surface area (TPSA) is 38.9 Å². The maximum atomic E-state index is 6.13. The Morgan fingerprint density at radius 2 is 2.27 bits per heavy atom. The molecular formula is C13H20N2. The van der Waals surface area contributed by atoms with Crippen molar-refractivity contribution in [1.82, 2.24) is 4.98 Å². The van der Waals surface area contributed by atoms with E-state index in [1.165, 1.54) is 17.5 Å². The quantitative estimate of drug-likeness (QED) is 0.763. The van der Waals surface area contributed by atoms with Gasteiger partial charge in [-0.3, -0.25) is 4.98 Å². The van der Waals surface area contributed by atoms with Crippen LogP contribution in [-0.4, -0.2) is 11.0 Å². The molecule has 1 aliphatic carbocycles. The largest absolute Gasteiger partial charge is 0.327 e. The summed E-state index contributed by atoms with van der Waals surface area (Å²) in [7, 11) is 0. The van der Waals surface area contributed by atoms with Crippen LogP contribution < -0.4 is 5.73 Å². The fraction of sp³-hybridized carbons (Fsp3) is 0.615. The summed E-state index contributed by atoms with van der Waals surface area (Å²) in [5.41, 5.74) is 9.23. The molecule has 1 aliphatic rings. The Morgan fingerprint density at radius 1 is 1.53 bits per heavy atom. The van der Waals surface area contributed by atoms with Gasteiger partial charge in [0.25, 0.3) is 0 Å². The van der Waals surface area contributed by atoms with Crippen LogP contribution in [0.25, 0.3) is 0 Å². The van der Waals surface area contributed by atoms with Crippen LogP contribution in [0.3, 0.4) is 0 Å². The second-order valence-corrected chi connectivity index (χ2v) is 5.40. The van der Waals surface area contributed by atoms with Crippen molar-refractivity contribution in [3.8, 4) is 0 Å². The zero-order chi connectivity index (χ0) is 11.1. The maximum absolute atomic E-state index is 6.13. The van der Waals surface area contributed by atoms with Crippen LogP contribution in [0.5, 0.6) is 0 Å². The highest BCUT2D eigenvalue weighted by atomic mass is 14.7. The van der Waals surface area contributed by atoms with E-state index in [4.69, 9.17) is 5.73 Å². The molecule has 82 valence electrons. The summed E-state index contributed by atoms with van der Waals surface area (Å²) in [6, 6.07) is 2.34. The third-order valence-electron chi connectivity index (χ3n) is 3.69. The molecule has 0 spiro atoms. The fourth-order valence-electron chi connectivity index (χ4n) is 2.97. The Morgan fingerprint density at radius 3 is 2.93 bits per heavy atom. The van der Waals surface area contributed by atoms with E-state index in [9.17, 15) is 0 Å². The molecule has 1 aromatic rings. The van der Waals surface area contributed by atoms with Crippen molar-refractivity contribution in [2.75, 3.05) is 0 Å². The summed E-state index contributed by atoms with van der Waals surface area (Å²) in [5.74, 6) is 0.440. The van der Waals surface area contributed by atoms with Gasteiger partial charge in [-0.05, 0) is 42.4 Å². The first-order valence-corrected chi connectivity index (χ1v) is 5.71. The zero-order valence-electron chi connectivity index (χ0n) is 9.83. The van der Waals surface area contributed by atoms with Gasteiger partial charge in [0.1, 0.15) is 0 Å². The standard InChI is InChI=1S/C13H20N2/c1-9(14)12-11-8-15-7-5-10(11)4-6-13(12,2)3/h5,7-9,12H,4,6,14H2,1-3H3. The molecule has 2 N–H and O–H groups in total. The van der Waals surface area contributed by atoms with E-state index in [0.717, 1.165) is 6.42 Å². The van der Waals surface area contributed by atoms with Gasteiger partial charge in [-0.15, -0.1) is 0 Å². The molecule has 0 saturated heterocycles. The van der Waals surface area contributed by atoms with Gasteiger partial charge in [-0.25, -0.2) is 0 Å². The van der Waals surface area contributed by atoms with E-state index in [2.05, 4.69) is 31.8 Å². The fourth-order valence-corrected chi connectivity index (χ4v) is 2.97. The summed E-state index contributed by atoms with van der Waals surface area (Å²) in [5, 5.41) is 0. The number of hydrogen-bond acceptors (Lipinski definition) is 2. The lowest BCUT2D eigenvalue weighted by Crippen LogP contribution is -2.39. The lowest BCUT2D eigenvalue weighted by molar-refractivity contribution is 0.221. The lowest BCUT2D eigenvalue weighted by Gasteiger charge is -2.42. The Hall–Kier alpha value is -0.890. The monoisotopic (exact) mass is 204 g/mol. The molecule has 0 saturated carbocycles. The predicted octanol–water partition coefficient (Wildman–Crippen LogP) is 2.48. The van der Waals surface area contributed by atoms with Gasteiger partial charge >= 0.3 is 0 Å². The highest BCUT2D eigenvalue weighted by molar-refractivity contribution is 5.33. The zero-order valence-corrected chi connectivity index (χ0v) is 9.83. The van der Waals surface area contributed by atoms with E-state index in [0.29, 0.717) is 11.3 Å². The van der Waals surface area contributed by atoms with E-state index in [1.807, 2.05) is 12.4 Å². The summed E-state index contributed by atoms with van der Waals surface area (Å²) >= 11 is 0. The van der Waals surface area contributed by atoms with Crippen LogP contribution in [-0.2, 0) is 6.42 Å². The van der Waals surface area contributed by atoms with Crippen molar-refractivity contribution in [3.63, 3.8) is 0 Å². The molecule has 1 heterocycles. The van der Waals surface area contributed by atoms with Gasteiger partial charge < -0.3 is 5.73 Å².